The number of rotatable bonds is 30. The normalized spacial score (nSPS) is 9.44. The number of nitrogens with one attached hydrogen (secondary N) is 2. The Labute approximate surface area is 501 Å². The van der Waals surface area contributed by atoms with E-state index in [4.69, 9.17) is 88.9 Å². The van der Waals surface area contributed by atoms with Crippen LogP contribution in [-0.4, -0.2) is 205 Å². The Morgan fingerprint density at radius 1 is 0.494 bits per heavy atom. The van der Waals surface area contributed by atoms with Gasteiger partial charge in [0.15, 0.2) is 11.6 Å². The molecular formula is C46H94Br4N4O25. The fourth-order valence-electron chi connectivity index (χ4n) is 2.61. The Bertz CT molecular complexity index is 1260. The number of ether oxygens (including phenoxy) is 10. The van der Waals surface area contributed by atoms with Gasteiger partial charge in [0.1, 0.15) is 55.2 Å². The first kappa shape index (κ1) is 108. The Morgan fingerprint density at radius 3 is 1.03 bits per heavy atom. The van der Waals surface area contributed by atoms with E-state index in [1.165, 1.54) is 20.8 Å². The number of nitrogens with two attached hydrogens (primary N) is 2. The molecule has 0 atom stereocenters. The Kier molecular flexibility index (Phi) is 123. The fourth-order valence-corrected chi connectivity index (χ4v) is 4.12. The van der Waals surface area contributed by atoms with Gasteiger partial charge in [-0.15, -0.1) is 0 Å². The van der Waals surface area contributed by atoms with E-state index >= 15 is 0 Å². The minimum atomic E-state index is -0.467. The number of amides is 1. The van der Waals surface area contributed by atoms with Gasteiger partial charge in [-0.25, -0.2) is 4.79 Å². The van der Waals surface area contributed by atoms with Crippen molar-refractivity contribution in [1.29, 1.82) is 0 Å². The van der Waals surface area contributed by atoms with Crippen LogP contribution in [0.5, 0.6) is 0 Å². The number of hydrogen-bond acceptors (Lipinski definition) is 24. The third kappa shape index (κ3) is 143. The van der Waals surface area contributed by atoms with Crippen molar-refractivity contribution in [3.05, 3.63) is 29.9 Å². The molecule has 0 aliphatic carbocycles. The average molecular weight is 1420 g/mol. The second-order valence-corrected chi connectivity index (χ2v) is 18.6. The predicted octanol–water partition coefficient (Wildman–Crippen LogP) is 2.26. The molecule has 1 amide bonds. The van der Waals surface area contributed by atoms with E-state index in [-0.39, 0.29) is 130 Å². The van der Waals surface area contributed by atoms with Crippen molar-refractivity contribution in [2.24, 2.45) is 33.1 Å². The molecule has 0 unspecified atom stereocenters. The summed E-state index contributed by atoms with van der Waals surface area (Å²) in [5.41, 5.74) is 11.2. The van der Waals surface area contributed by atoms with Crippen LogP contribution in [0.4, 0.5) is 0 Å². The van der Waals surface area contributed by atoms with Crippen LogP contribution in [0.25, 0.3) is 0 Å². The van der Waals surface area contributed by atoms with E-state index in [9.17, 15) is 24.0 Å². The van der Waals surface area contributed by atoms with Crippen molar-refractivity contribution < 1.29 is 111 Å². The average Bonchev–Trinajstić information content (AvgIpc) is 3.40. The molecule has 476 valence electrons. The SMILES string of the molecule is BrCOCBr.BrCOCBr.CC(C)(CO)CO.CC(C)(CO)CO.CNCOCNC(=O)COCC(C)=O.COCC(C)(C)COC(=O)COCC(C)=O.COCC(C)(C)COC(C)=O.NCOCN.O.O=O.[C-]#[O+].[C-]#[O+].[C-]#[O+]. The number of ketones is 2. The van der Waals surface area contributed by atoms with Gasteiger partial charge in [0.25, 0.3) is 0 Å². The number of methoxy groups -OCH3 is 2. The van der Waals surface area contributed by atoms with Crippen LogP contribution in [0, 0.1) is 51.5 Å². The van der Waals surface area contributed by atoms with Crippen LogP contribution in [-0.2, 0) is 85.3 Å². The van der Waals surface area contributed by atoms with Gasteiger partial charge in [-0.1, -0.05) is 119 Å². The summed E-state index contributed by atoms with van der Waals surface area (Å²) in [6.07, 6.45) is 0. The van der Waals surface area contributed by atoms with Crippen LogP contribution in [0.15, 0.2) is 0 Å². The first-order valence-electron chi connectivity index (χ1n) is 22.0. The van der Waals surface area contributed by atoms with Gasteiger partial charge in [-0.05, 0) is 20.9 Å². The van der Waals surface area contributed by atoms with E-state index in [0.717, 1.165) is 0 Å². The second-order valence-electron chi connectivity index (χ2n) is 16.8. The molecule has 0 aliphatic rings. The topological polar surface area (TPSA) is 460 Å². The van der Waals surface area contributed by atoms with Crippen molar-refractivity contribution in [3.8, 4) is 0 Å². The molecule has 33 heteroatoms. The van der Waals surface area contributed by atoms with E-state index in [1.54, 1.807) is 49.0 Å². The van der Waals surface area contributed by atoms with Crippen molar-refractivity contribution in [2.75, 3.05) is 150 Å². The first-order valence-corrected chi connectivity index (χ1v) is 26.5. The zero-order valence-corrected chi connectivity index (χ0v) is 54.6. The number of esters is 2. The van der Waals surface area contributed by atoms with Crippen molar-refractivity contribution in [3.63, 3.8) is 0 Å². The van der Waals surface area contributed by atoms with Gasteiger partial charge in [0, 0.05) is 52.7 Å². The summed E-state index contributed by atoms with van der Waals surface area (Å²) in [4.78, 5) is 67.5. The fraction of sp³-hybridized carbons (Fsp3) is 0.826. The molecule has 0 aromatic rings. The molecule has 0 spiro atoms. The third-order valence-corrected chi connectivity index (χ3v) is 7.59. The van der Waals surface area contributed by atoms with E-state index in [1.807, 2.05) is 27.7 Å². The minimum absolute atomic E-state index is 0. The molecular weight excluding hydrogens is 1330 g/mol. The standard InChI is InChI=1S/C11H20O5.C8H16N2O4.C8H16O3.2C5H12O2.2C2H4Br2O.C2H8N2O.3CO.O2.H2O/c1-9(12)5-15-6-10(13)16-8-11(2,3)7-14-4;1-7(11)3-13-4-8(12)10-6-14-5-9-2;1-7(9)11-6-8(2,3)5-10-4;2*1-5(2,3-6)4-7;3*3-1-5-2-4;4*1-2;/h5-8H2,1-4H3;9H,3-6H2,1-2H3,(H,10,12);5-6H2,1-4H3;2*6-7H,3-4H2,1-2H3;2*1-2H2;1-4H2;;;;;1H2. The number of Topliss-reactive ketones (excluding diaryl/α,β-unsaturated/α-hetero) is 2. The Balaban J connectivity index is -0.0000000580. The number of alkyl halides is 4. The molecule has 0 aliphatic heterocycles. The zero-order valence-electron chi connectivity index (χ0n) is 48.3. The molecule has 0 bridgehead atoms. The summed E-state index contributed by atoms with van der Waals surface area (Å²) in [5, 5.41) is 38.9. The number of aliphatic hydroxyl groups is 4. The molecule has 0 fully saturated rings. The molecule has 0 saturated carbocycles. The Hall–Kier alpha value is -2.15. The number of carbonyl (C=O) groups excluding carboxylic acids is 5. The third-order valence-electron chi connectivity index (χ3n) is 6.30. The summed E-state index contributed by atoms with van der Waals surface area (Å²) in [5.74, 6) is -1.24. The summed E-state index contributed by atoms with van der Waals surface area (Å²) in [6.45, 7) is 35.2. The summed E-state index contributed by atoms with van der Waals surface area (Å²) >= 11 is 12.2. The van der Waals surface area contributed by atoms with Crippen LogP contribution >= 0.6 is 63.7 Å². The van der Waals surface area contributed by atoms with Gasteiger partial charge in [0.05, 0.1) is 73.0 Å². The quantitative estimate of drug-likeness (QED) is 0.0128. The van der Waals surface area contributed by atoms with Crippen molar-refractivity contribution >= 4 is 93.1 Å². The first-order chi connectivity index (χ1) is 36.5. The van der Waals surface area contributed by atoms with E-state index < -0.39 is 5.97 Å². The predicted molar refractivity (Wildman–Crippen MR) is 305 cm³/mol. The maximum atomic E-state index is 11.2. The number of aliphatic hydroxyl groups excluding tert-OH is 4. The number of hydrogen-bond donors (Lipinski definition) is 8. The molecule has 0 radical (unpaired) electrons. The molecule has 0 aromatic heterocycles. The molecule has 0 heterocycles. The van der Waals surface area contributed by atoms with Crippen molar-refractivity contribution in [1.82, 2.24) is 10.6 Å². The van der Waals surface area contributed by atoms with Gasteiger partial charge in [-0.3, -0.25) is 24.5 Å². The van der Waals surface area contributed by atoms with Crippen LogP contribution < -0.4 is 22.1 Å². The molecule has 79 heavy (non-hydrogen) atoms. The molecule has 0 rings (SSSR count). The van der Waals surface area contributed by atoms with Crippen molar-refractivity contribution in [2.45, 2.75) is 76.2 Å². The maximum absolute atomic E-state index is 11.2. The van der Waals surface area contributed by atoms with Gasteiger partial charge in [0.2, 0.25) is 5.91 Å². The molecule has 12 N–H and O–H groups in total. The van der Waals surface area contributed by atoms with Gasteiger partial charge in [-0.2, -0.15) is 0 Å². The van der Waals surface area contributed by atoms with Crippen LogP contribution in [0.2, 0.25) is 0 Å². The van der Waals surface area contributed by atoms with E-state index in [0.29, 0.717) is 48.6 Å². The van der Waals surface area contributed by atoms with Crippen LogP contribution in [0.1, 0.15) is 76.2 Å². The molecule has 0 saturated heterocycles. The monoisotopic (exact) mass is 1420 g/mol. The van der Waals surface area contributed by atoms with Gasteiger partial charge < -0.3 is 90.1 Å². The van der Waals surface area contributed by atoms with Gasteiger partial charge >= 0.3 is 45.8 Å². The van der Waals surface area contributed by atoms with E-state index in [2.05, 4.69) is 109 Å². The zero-order chi connectivity index (χ0) is 64.5. The summed E-state index contributed by atoms with van der Waals surface area (Å²) in [6, 6.07) is 0. The summed E-state index contributed by atoms with van der Waals surface area (Å²) in [7, 11) is 4.97. The Morgan fingerprint density at radius 2 is 0.810 bits per heavy atom. The molecule has 0 aromatic carbocycles. The number of halogens is 4. The second kappa shape index (κ2) is 89.6. The molecule has 29 nitrogen and oxygen atoms in total. The van der Waals surface area contributed by atoms with Crippen LogP contribution in [0.3, 0.4) is 0 Å². The summed E-state index contributed by atoms with van der Waals surface area (Å²) < 4.78 is 70.5. The number of carbonyl (C=O) groups is 5.